The van der Waals surface area contributed by atoms with E-state index in [4.69, 9.17) is 14.2 Å². The number of aryl methyl sites for hydroxylation is 1. The highest BCUT2D eigenvalue weighted by atomic mass is 16.5. The molecule has 7 heteroatoms. The quantitative estimate of drug-likeness (QED) is 0.736. The first-order valence-corrected chi connectivity index (χ1v) is 7.89. The standard InChI is InChI=1S/C19H21NO6/c1-12-4-6-15(21)14(8-12)19(23)26-11-18(22)20-10-13-5-7-16(24-2)17(9-13)25-3/h4-9,21H,10-11H2,1-3H3,(H,20,22). The number of hydrogen-bond acceptors (Lipinski definition) is 6. The van der Waals surface area contributed by atoms with Crippen LogP contribution in [0.3, 0.4) is 0 Å². The van der Waals surface area contributed by atoms with Gasteiger partial charge < -0.3 is 24.6 Å². The second kappa shape index (κ2) is 8.75. The van der Waals surface area contributed by atoms with Gasteiger partial charge in [0.25, 0.3) is 5.91 Å². The Kier molecular flexibility index (Phi) is 6.43. The Morgan fingerprint density at radius 1 is 1.04 bits per heavy atom. The molecule has 26 heavy (non-hydrogen) atoms. The van der Waals surface area contributed by atoms with Crippen molar-refractivity contribution < 1.29 is 28.9 Å². The number of esters is 1. The number of aromatic hydroxyl groups is 1. The molecule has 1 amide bonds. The normalized spacial score (nSPS) is 10.1. The summed E-state index contributed by atoms with van der Waals surface area (Å²) in [5, 5.41) is 12.3. The molecule has 0 heterocycles. The van der Waals surface area contributed by atoms with E-state index in [0.717, 1.165) is 11.1 Å². The lowest BCUT2D eigenvalue weighted by Crippen LogP contribution is -2.28. The van der Waals surface area contributed by atoms with E-state index in [-0.39, 0.29) is 17.9 Å². The van der Waals surface area contributed by atoms with Crippen molar-refractivity contribution in [1.29, 1.82) is 0 Å². The average molecular weight is 359 g/mol. The maximum atomic E-state index is 12.0. The number of phenols is 1. The SMILES string of the molecule is COc1ccc(CNC(=O)COC(=O)c2cc(C)ccc2O)cc1OC. The van der Waals surface area contributed by atoms with E-state index >= 15 is 0 Å². The van der Waals surface area contributed by atoms with Crippen molar-refractivity contribution in [2.45, 2.75) is 13.5 Å². The topological polar surface area (TPSA) is 94.1 Å². The molecule has 0 aliphatic heterocycles. The van der Waals surface area contributed by atoms with E-state index in [0.29, 0.717) is 11.5 Å². The molecule has 0 unspecified atom stereocenters. The largest absolute Gasteiger partial charge is 0.507 e. The van der Waals surface area contributed by atoms with Crippen LogP contribution in [0, 0.1) is 6.92 Å². The minimum atomic E-state index is -0.757. The molecule has 138 valence electrons. The molecule has 2 rings (SSSR count). The Labute approximate surface area is 151 Å². The van der Waals surface area contributed by atoms with Gasteiger partial charge in [0.1, 0.15) is 11.3 Å². The molecule has 0 radical (unpaired) electrons. The monoisotopic (exact) mass is 359 g/mol. The molecule has 0 saturated heterocycles. The zero-order valence-corrected chi connectivity index (χ0v) is 14.9. The van der Waals surface area contributed by atoms with Crippen LogP contribution >= 0.6 is 0 Å². The summed E-state index contributed by atoms with van der Waals surface area (Å²) >= 11 is 0. The van der Waals surface area contributed by atoms with Crippen LogP contribution in [0.1, 0.15) is 21.5 Å². The average Bonchev–Trinajstić information content (AvgIpc) is 2.65. The van der Waals surface area contributed by atoms with E-state index in [1.165, 1.54) is 19.2 Å². The van der Waals surface area contributed by atoms with Gasteiger partial charge in [-0.25, -0.2) is 4.79 Å². The molecule has 0 bridgehead atoms. The number of rotatable bonds is 7. The lowest BCUT2D eigenvalue weighted by atomic mass is 10.1. The summed E-state index contributed by atoms with van der Waals surface area (Å²) in [6.07, 6.45) is 0. The molecule has 2 N–H and O–H groups in total. The number of carbonyl (C=O) groups is 2. The van der Waals surface area contributed by atoms with Crippen molar-refractivity contribution in [3.63, 3.8) is 0 Å². The zero-order valence-electron chi connectivity index (χ0n) is 14.9. The first-order valence-electron chi connectivity index (χ1n) is 7.89. The van der Waals surface area contributed by atoms with Gasteiger partial charge in [-0.1, -0.05) is 17.7 Å². The van der Waals surface area contributed by atoms with E-state index in [2.05, 4.69) is 5.32 Å². The maximum Gasteiger partial charge on any atom is 0.342 e. The summed E-state index contributed by atoms with van der Waals surface area (Å²) < 4.78 is 15.3. The predicted octanol–water partition coefficient (Wildman–Crippen LogP) is 2.19. The number of phenolic OH excluding ortho intramolecular Hbond substituents is 1. The van der Waals surface area contributed by atoms with Crippen LogP contribution in [-0.4, -0.2) is 37.8 Å². The molecule has 0 aliphatic carbocycles. The minimum absolute atomic E-state index is 0.0256. The van der Waals surface area contributed by atoms with Crippen LogP contribution in [0.15, 0.2) is 36.4 Å². The summed E-state index contributed by atoms with van der Waals surface area (Å²) in [5.74, 6) is -0.255. The summed E-state index contributed by atoms with van der Waals surface area (Å²) in [6, 6.07) is 9.85. The van der Waals surface area contributed by atoms with E-state index in [9.17, 15) is 14.7 Å². The van der Waals surface area contributed by atoms with E-state index in [1.807, 2.05) is 0 Å². The Balaban J connectivity index is 1.87. The molecule has 7 nitrogen and oxygen atoms in total. The van der Waals surface area contributed by atoms with Crippen LogP contribution in [0.4, 0.5) is 0 Å². The molecule has 2 aromatic carbocycles. The van der Waals surface area contributed by atoms with Gasteiger partial charge in [0, 0.05) is 6.54 Å². The molecule has 0 fully saturated rings. The van der Waals surface area contributed by atoms with Gasteiger partial charge in [0.05, 0.1) is 14.2 Å². The molecule has 0 aliphatic rings. The number of nitrogens with one attached hydrogen (secondary N) is 1. The van der Waals surface area contributed by atoms with Gasteiger partial charge >= 0.3 is 5.97 Å². The molecule has 0 saturated carbocycles. The van der Waals surface area contributed by atoms with Crippen molar-refractivity contribution in [3.8, 4) is 17.2 Å². The second-order valence-corrected chi connectivity index (χ2v) is 5.56. The Morgan fingerprint density at radius 2 is 1.77 bits per heavy atom. The summed E-state index contributed by atoms with van der Waals surface area (Å²) in [6.45, 7) is 1.58. The van der Waals surface area contributed by atoms with Crippen LogP contribution in [0.2, 0.25) is 0 Å². The Morgan fingerprint density at radius 3 is 2.46 bits per heavy atom. The highest BCUT2D eigenvalue weighted by Crippen LogP contribution is 2.27. The molecule has 2 aromatic rings. The molecular weight excluding hydrogens is 338 g/mol. The summed E-state index contributed by atoms with van der Waals surface area (Å²) in [5.41, 5.74) is 1.63. The number of amides is 1. The minimum Gasteiger partial charge on any atom is -0.507 e. The third-order valence-corrected chi connectivity index (χ3v) is 3.64. The van der Waals surface area contributed by atoms with Crippen LogP contribution in [0.25, 0.3) is 0 Å². The summed E-state index contributed by atoms with van der Waals surface area (Å²) in [4.78, 5) is 23.8. The highest BCUT2D eigenvalue weighted by molar-refractivity contribution is 5.94. The van der Waals surface area contributed by atoms with E-state index in [1.54, 1.807) is 38.3 Å². The fourth-order valence-corrected chi connectivity index (χ4v) is 2.26. The number of ether oxygens (including phenoxy) is 3. The fraction of sp³-hybridized carbons (Fsp3) is 0.263. The van der Waals surface area contributed by atoms with Crippen molar-refractivity contribution in [2.75, 3.05) is 20.8 Å². The van der Waals surface area contributed by atoms with Crippen LogP contribution in [0.5, 0.6) is 17.2 Å². The first kappa shape index (κ1) is 19.1. The number of hydrogen-bond donors (Lipinski definition) is 2. The van der Waals surface area contributed by atoms with Crippen LogP contribution < -0.4 is 14.8 Å². The lowest BCUT2D eigenvalue weighted by molar-refractivity contribution is -0.124. The molecule has 0 aromatic heterocycles. The predicted molar refractivity (Wildman–Crippen MR) is 94.5 cm³/mol. The van der Waals surface area contributed by atoms with Gasteiger partial charge in [0.15, 0.2) is 18.1 Å². The Bertz CT molecular complexity index is 803. The van der Waals surface area contributed by atoms with E-state index < -0.39 is 18.5 Å². The highest BCUT2D eigenvalue weighted by Gasteiger charge is 2.14. The third kappa shape index (κ3) is 4.89. The van der Waals surface area contributed by atoms with Crippen molar-refractivity contribution >= 4 is 11.9 Å². The maximum absolute atomic E-state index is 12.0. The van der Waals surface area contributed by atoms with Crippen molar-refractivity contribution in [1.82, 2.24) is 5.32 Å². The number of methoxy groups -OCH3 is 2. The van der Waals surface area contributed by atoms with Gasteiger partial charge in [-0.15, -0.1) is 0 Å². The van der Waals surface area contributed by atoms with Gasteiger partial charge in [0.2, 0.25) is 0 Å². The van der Waals surface area contributed by atoms with Crippen molar-refractivity contribution in [3.05, 3.63) is 53.1 Å². The van der Waals surface area contributed by atoms with Gasteiger partial charge in [-0.2, -0.15) is 0 Å². The van der Waals surface area contributed by atoms with Gasteiger partial charge in [-0.05, 0) is 36.8 Å². The zero-order chi connectivity index (χ0) is 19.1. The first-order chi connectivity index (χ1) is 12.4. The molecule has 0 atom stereocenters. The van der Waals surface area contributed by atoms with Crippen LogP contribution in [-0.2, 0) is 16.1 Å². The lowest BCUT2D eigenvalue weighted by Gasteiger charge is -2.11. The third-order valence-electron chi connectivity index (χ3n) is 3.64. The summed E-state index contributed by atoms with van der Waals surface area (Å²) in [7, 11) is 3.07. The van der Waals surface area contributed by atoms with Crippen molar-refractivity contribution in [2.24, 2.45) is 0 Å². The smallest absolute Gasteiger partial charge is 0.342 e. The second-order valence-electron chi connectivity index (χ2n) is 5.56. The fourth-order valence-electron chi connectivity index (χ4n) is 2.26. The number of carbonyl (C=O) groups excluding carboxylic acids is 2. The molecular formula is C19H21NO6. The van der Waals surface area contributed by atoms with Gasteiger partial charge in [-0.3, -0.25) is 4.79 Å². The number of benzene rings is 2. The Hall–Kier alpha value is -3.22. The molecule has 0 spiro atoms.